The van der Waals surface area contributed by atoms with Crippen molar-refractivity contribution in [1.29, 1.82) is 0 Å². The Morgan fingerprint density at radius 3 is 2.65 bits per heavy atom. The molecule has 1 fully saturated rings. The number of aromatic nitrogens is 2. The van der Waals surface area contributed by atoms with Crippen molar-refractivity contribution < 1.29 is 13.7 Å². The zero-order valence-corrected chi connectivity index (χ0v) is 17.9. The Hall–Kier alpha value is -3.06. The van der Waals surface area contributed by atoms with Crippen molar-refractivity contribution >= 4 is 5.91 Å². The summed E-state index contributed by atoms with van der Waals surface area (Å²) in [6.45, 7) is 4.79. The number of piperidine rings is 1. The lowest BCUT2D eigenvalue weighted by Crippen LogP contribution is -2.40. The number of carbonyl (C=O) groups excluding carboxylic acids is 1. The summed E-state index contributed by atoms with van der Waals surface area (Å²) in [6.07, 6.45) is 1.62. The maximum absolute atomic E-state index is 13.1. The molecule has 1 aliphatic rings. The van der Waals surface area contributed by atoms with Gasteiger partial charge in [0, 0.05) is 25.1 Å². The van der Waals surface area contributed by atoms with Crippen LogP contribution in [-0.2, 0) is 17.9 Å². The summed E-state index contributed by atoms with van der Waals surface area (Å²) in [5.41, 5.74) is 3.11. The second kappa shape index (κ2) is 9.39. The predicted octanol–water partition coefficient (Wildman–Crippen LogP) is 4.05. The van der Waals surface area contributed by atoms with Crippen LogP contribution >= 0.6 is 0 Å². The summed E-state index contributed by atoms with van der Waals surface area (Å²) in [6, 6.07) is 14.5. The van der Waals surface area contributed by atoms with Crippen LogP contribution < -0.4 is 0 Å². The van der Waals surface area contributed by atoms with Gasteiger partial charge < -0.3 is 9.42 Å². The number of likely N-dealkylation sites (tertiary alicyclic amines) is 1. The van der Waals surface area contributed by atoms with Gasteiger partial charge in [-0.1, -0.05) is 41.1 Å². The first-order valence-corrected chi connectivity index (χ1v) is 10.6. The van der Waals surface area contributed by atoms with Gasteiger partial charge in [-0.05, 0) is 56.6 Å². The third-order valence-corrected chi connectivity index (χ3v) is 5.75. The Kier molecular flexibility index (Phi) is 6.42. The van der Waals surface area contributed by atoms with Crippen molar-refractivity contribution in [3.63, 3.8) is 0 Å². The summed E-state index contributed by atoms with van der Waals surface area (Å²) in [4.78, 5) is 21.3. The zero-order valence-electron chi connectivity index (χ0n) is 17.9. The maximum atomic E-state index is 13.1. The highest BCUT2D eigenvalue weighted by Crippen LogP contribution is 2.22. The largest absolute Gasteiger partial charge is 0.337 e. The molecule has 4 rings (SSSR count). The molecule has 7 heteroatoms. The van der Waals surface area contributed by atoms with Crippen molar-refractivity contribution in [2.24, 2.45) is 5.92 Å². The lowest BCUT2D eigenvalue weighted by atomic mass is 9.95. The van der Waals surface area contributed by atoms with Crippen LogP contribution in [0.5, 0.6) is 0 Å². The van der Waals surface area contributed by atoms with Gasteiger partial charge in [-0.3, -0.25) is 9.69 Å². The average molecular weight is 423 g/mol. The van der Waals surface area contributed by atoms with E-state index in [4.69, 9.17) is 4.52 Å². The summed E-state index contributed by atoms with van der Waals surface area (Å²) in [7, 11) is 1.78. The number of hydrogen-bond donors (Lipinski definition) is 0. The molecule has 1 aliphatic heterocycles. The number of rotatable bonds is 6. The van der Waals surface area contributed by atoms with E-state index >= 15 is 0 Å². The fraction of sp³-hybridized carbons (Fsp3) is 0.375. The summed E-state index contributed by atoms with van der Waals surface area (Å²) in [5.74, 6) is 0.850. The molecule has 2 aromatic carbocycles. The lowest BCUT2D eigenvalue weighted by Gasteiger charge is -2.33. The molecule has 1 saturated heterocycles. The van der Waals surface area contributed by atoms with E-state index in [-0.39, 0.29) is 17.6 Å². The number of hydrogen-bond acceptors (Lipinski definition) is 5. The van der Waals surface area contributed by atoms with Crippen molar-refractivity contribution in [2.45, 2.75) is 32.9 Å². The molecule has 0 spiro atoms. The molecule has 0 radical (unpaired) electrons. The maximum Gasteiger partial charge on any atom is 0.246 e. The van der Waals surface area contributed by atoms with E-state index in [1.165, 1.54) is 12.1 Å². The van der Waals surface area contributed by atoms with E-state index in [0.29, 0.717) is 18.3 Å². The van der Waals surface area contributed by atoms with Crippen LogP contribution in [0.1, 0.15) is 29.9 Å². The number of halogens is 1. The van der Waals surface area contributed by atoms with Crippen LogP contribution in [0.15, 0.2) is 53.1 Å². The van der Waals surface area contributed by atoms with Crippen LogP contribution in [0.2, 0.25) is 0 Å². The minimum Gasteiger partial charge on any atom is -0.337 e. The Morgan fingerprint density at radius 2 is 1.94 bits per heavy atom. The molecule has 162 valence electrons. The molecule has 0 atom stereocenters. The molecular weight excluding hydrogens is 395 g/mol. The predicted molar refractivity (Wildman–Crippen MR) is 115 cm³/mol. The first-order chi connectivity index (χ1) is 15.0. The molecule has 0 saturated carbocycles. The van der Waals surface area contributed by atoms with E-state index in [0.717, 1.165) is 49.2 Å². The minimum absolute atomic E-state index is 0.00590. The minimum atomic E-state index is -0.219. The third-order valence-electron chi connectivity index (χ3n) is 5.75. The van der Waals surface area contributed by atoms with Gasteiger partial charge in [-0.15, -0.1) is 0 Å². The van der Waals surface area contributed by atoms with E-state index in [9.17, 15) is 9.18 Å². The van der Waals surface area contributed by atoms with Crippen molar-refractivity contribution in [2.75, 3.05) is 20.1 Å². The highest BCUT2D eigenvalue weighted by atomic mass is 19.1. The summed E-state index contributed by atoms with van der Waals surface area (Å²) >= 11 is 0. The van der Waals surface area contributed by atoms with Gasteiger partial charge in [0.05, 0.1) is 6.54 Å². The monoisotopic (exact) mass is 422 g/mol. The van der Waals surface area contributed by atoms with Crippen LogP contribution in [0.25, 0.3) is 11.4 Å². The highest BCUT2D eigenvalue weighted by molar-refractivity contribution is 5.78. The SMILES string of the molecule is Cc1cccc(-c2noc(CN(C)C(=O)C3CCN(Cc4ccc(F)cc4)CC3)n2)c1. The molecule has 0 aliphatic carbocycles. The fourth-order valence-corrected chi connectivity index (χ4v) is 4.00. The zero-order chi connectivity index (χ0) is 21.8. The average Bonchev–Trinajstić information content (AvgIpc) is 3.24. The van der Waals surface area contributed by atoms with E-state index in [1.807, 2.05) is 43.3 Å². The second-order valence-corrected chi connectivity index (χ2v) is 8.25. The lowest BCUT2D eigenvalue weighted by molar-refractivity contribution is -0.136. The van der Waals surface area contributed by atoms with Gasteiger partial charge in [-0.25, -0.2) is 4.39 Å². The Balaban J connectivity index is 1.28. The van der Waals surface area contributed by atoms with Gasteiger partial charge in [0.1, 0.15) is 5.82 Å². The standard InChI is InChI=1S/C24H27FN4O2/c1-17-4-3-5-20(14-17)23-26-22(31-27-23)16-28(2)24(30)19-10-12-29(13-11-19)15-18-6-8-21(25)9-7-18/h3-9,14,19H,10-13,15-16H2,1-2H3. The second-order valence-electron chi connectivity index (χ2n) is 8.25. The summed E-state index contributed by atoms with van der Waals surface area (Å²) in [5, 5.41) is 4.05. The number of carbonyl (C=O) groups is 1. The van der Waals surface area contributed by atoms with E-state index < -0.39 is 0 Å². The first kappa shape index (κ1) is 21.2. The van der Waals surface area contributed by atoms with Gasteiger partial charge >= 0.3 is 0 Å². The molecule has 3 aromatic rings. The molecule has 31 heavy (non-hydrogen) atoms. The fourth-order valence-electron chi connectivity index (χ4n) is 4.00. The molecule has 0 unspecified atom stereocenters. The van der Waals surface area contributed by atoms with Gasteiger partial charge in [0.25, 0.3) is 0 Å². The molecule has 1 amide bonds. The molecule has 6 nitrogen and oxygen atoms in total. The van der Waals surface area contributed by atoms with Crippen molar-refractivity contribution in [3.05, 3.63) is 71.4 Å². The van der Waals surface area contributed by atoms with Gasteiger partial charge in [0.15, 0.2) is 0 Å². The van der Waals surface area contributed by atoms with Gasteiger partial charge in [-0.2, -0.15) is 4.98 Å². The molecule has 2 heterocycles. The molecule has 0 N–H and O–H groups in total. The topological polar surface area (TPSA) is 62.5 Å². The summed E-state index contributed by atoms with van der Waals surface area (Å²) < 4.78 is 18.4. The normalized spacial score (nSPS) is 15.2. The van der Waals surface area contributed by atoms with Gasteiger partial charge in [0.2, 0.25) is 17.6 Å². The van der Waals surface area contributed by atoms with Crippen LogP contribution in [-0.4, -0.2) is 46.0 Å². The van der Waals surface area contributed by atoms with E-state index in [1.54, 1.807) is 11.9 Å². The first-order valence-electron chi connectivity index (χ1n) is 10.6. The molecule has 0 bridgehead atoms. The quantitative estimate of drug-likeness (QED) is 0.600. The highest BCUT2D eigenvalue weighted by Gasteiger charge is 2.28. The number of amides is 1. The number of aryl methyl sites for hydroxylation is 1. The van der Waals surface area contributed by atoms with Crippen LogP contribution in [0.3, 0.4) is 0 Å². The van der Waals surface area contributed by atoms with Crippen molar-refractivity contribution in [1.82, 2.24) is 19.9 Å². The number of nitrogens with zero attached hydrogens (tertiary/aromatic N) is 4. The van der Waals surface area contributed by atoms with Crippen LogP contribution in [0, 0.1) is 18.7 Å². The molecule has 1 aromatic heterocycles. The Labute approximate surface area is 181 Å². The Bertz CT molecular complexity index is 1030. The van der Waals surface area contributed by atoms with Crippen molar-refractivity contribution in [3.8, 4) is 11.4 Å². The van der Waals surface area contributed by atoms with Crippen LogP contribution in [0.4, 0.5) is 4.39 Å². The van der Waals surface area contributed by atoms with E-state index in [2.05, 4.69) is 15.0 Å². The Morgan fingerprint density at radius 1 is 1.19 bits per heavy atom. The smallest absolute Gasteiger partial charge is 0.246 e. The molecular formula is C24H27FN4O2. The third kappa shape index (κ3) is 5.35. The number of benzene rings is 2.